The Morgan fingerprint density at radius 2 is 2.00 bits per heavy atom. The quantitative estimate of drug-likeness (QED) is 0.750. The zero-order valence-corrected chi connectivity index (χ0v) is 11.1. The lowest BCUT2D eigenvalue weighted by Gasteiger charge is -2.37. The maximum atomic E-state index is 12.4. The first-order valence-corrected chi connectivity index (χ1v) is 6.81. The maximum absolute atomic E-state index is 12.4. The average Bonchev–Trinajstić information content (AvgIpc) is 2.41. The Morgan fingerprint density at radius 1 is 1.32 bits per heavy atom. The van der Waals surface area contributed by atoms with Crippen LogP contribution in [-0.4, -0.2) is 46.9 Å². The van der Waals surface area contributed by atoms with Gasteiger partial charge in [-0.2, -0.15) is 0 Å². The fourth-order valence-corrected chi connectivity index (χ4v) is 2.96. The number of amides is 2. The summed E-state index contributed by atoms with van der Waals surface area (Å²) in [5.41, 5.74) is 0. The van der Waals surface area contributed by atoms with Crippen molar-refractivity contribution in [1.29, 1.82) is 0 Å². The number of carbonyl (C=O) groups excluding carboxylic acids is 2. The normalized spacial score (nSPS) is 31.7. The highest BCUT2D eigenvalue weighted by molar-refractivity contribution is 5.89. The average molecular weight is 268 g/mol. The van der Waals surface area contributed by atoms with E-state index in [0.29, 0.717) is 25.9 Å². The summed E-state index contributed by atoms with van der Waals surface area (Å²) in [5.74, 6) is -1.68. The lowest BCUT2D eigenvalue weighted by atomic mass is 9.80. The predicted octanol–water partition coefficient (Wildman–Crippen LogP) is 0.224. The SMILES string of the molecule is CC1C(=O)NCCN1C(=O)C1CCCC(C(=O)O)C1. The van der Waals surface area contributed by atoms with Gasteiger partial charge in [0.15, 0.2) is 0 Å². The van der Waals surface area contributed by atoms with E-state index in [9.17, 15) is 14.4 Å². The van der Waals surface area contributed by atoms with Crippen LogP contribution in [0.15, 0.2) is 0 Å². The van der Waals surface area contributed by atoms with Crippen LogP contribution in [0.2, 0.25) is 0 Å². The fraction of sp³-hybridized carbons (Fsp3) is 0.769. The van der Waals surface area contributed by atoms with Gasteiger partial charge in [-0.3, -0.25) is 14.4 Å². The smallest absolute Gasteiger partial charge is 0.306 e. The molecule has 106 valence electrons. The second kappa shape index (κ2) is 5.59. The monoisotopic (exact) mass is 268 g/mol. The first kappa shape index (κ1) is 13.8. The van der Waals surface area contributed by atoms with Gasteiger partial charge in [0, 0.05) is 19.0 Å². The van der Waals surface area contributed by atoms with E-state index < -0.39 is 17.9 Å². The third-order valence-corrected chi connectivity index (χ3v) is 4.15. The van der Waals surface area contributed by atoms with Crippen LogP contribution >= 0.6 is 0 Å². The molecule has 0 aromatic rings. The molecule has 2 aliphatic rings. The summed E-state index contributed by atoms with van der Waals surface area (Å²) < 4.78 is 0. The van der Waals surface area contributed by atoms with Crippen molar-refractivity contribution in [3.05, 3.63) is 0 Å². The third kappa shape index (κ3) is 2.88. The van der Waals surface area contributed by atoms with Gasteiger partial charge in [-0.1, -0.05) is 6.42 Å². The summed E-state index contributed by atoms with van der Waals surface area (Å²) in [7, 11) is 0. The van der Waals surface area contributed by atoms with E-state index in [1.165, 1.54) is 0 Å². The number of hydrogen-bond acceptors (Lipinski definition) is 3. The molecule has 2 fully saturated rings. The number of carbonyl (C=O) groups is 3. The molecule has 1 heterocycles. The molecule has 2 amide bonds. The highest BCUT2D eigenvalue weighted by Gasteiger charge is 2.37. The number of nitrogens with one attached hydrogen (secondary N) is 1. The number of piperazine rings is 1. The molecule has 0 spiro atoms. The van der Waals surface area contributed by atoms with Crippen molar-refractivity contribution in [2.45, 2.75) is 38.6 Å². The molecule has 2 N–H and O–H groups in total. The molecule has 6 nitrogen and oxygen atoms in total. The van der Waals surface area contributed by atoms with E-state index >= 15 is 0 Å². The van der Waals surface area contributed by atoms with Crippen LogP contribution < -0.4 is 5.32 Å². The molecule has 3 atom stereocenters. The van der Waals surface area contributed by atoms with Crippen LogP contribution in [0.5, 0.6) is 0 Å². The lowest BCUT2D eigenvalue weighted by molar-refractivity contribution is -0.149. The molecule has 1 saturated carbocycles. The molecule has 6 heteroatoms. The van der Waals surface area contributed by atoms with Crippen molar-refractivity contribution in [3.63, 3.8) is 0 Å². The molecule has 0 bridgehead atoms. The standard InChI is InChI=1S/C13H20N2O4/c1-8-11(16)14-5-6-15(8)12(17)9-3-2-4-10(7-9)13(18)19/h8-10H,2-7H2,1H3,(H,14,16)(H,18,19). The minimum atomic E-state index is -0.818. The van der Waals surface area contributed by atoms with Crippen LogP contribution in [0, 0.1) is 11.8 Å². The lowest BCUT2D eigenvalue weighted by Crippen LogP contribution is -2.57. The number of nitrogens with zero attached hydrogens (tertiary/aromatic N) is 1. The number of hydrogen-bond donors (Lipinski definition) is 2. The topological polar surface area (TPSA) is 86.7 Å². The maximum Gasteiger partial charge on any atom is 0.306 e. The molecule has 1 saturated heterocycles. The molecule has 19 heavy (non-hydrogen) atoms. The number of carboxylic acid groups (broad SMARTS) is 1. The molecular formula is C13H20N2O4. The second-order valence-corrected chi connectivity index (χ2v) is 5.40. The van der Waals surface area contributed by atoms with Gasteiger partial charge in [-0.25, -0.2) is 0 Å². The molecule has 0 radical (unpaired) electrons. The van der Waals surface area contributed by atoms with Crippen LogP contribution in [-0.2, 0) is 14.4 Å². The molecule has 0 aromatic carbocycles. The van der Waals surface area contributed by atoms with E-state index in [0.717, 1.165) is 12.8 Å². The molecular weight excluding hydrogens is 248 g/mol. The van der Waals surface area contributed by atoms with E-state index in [1.54, 1.807) is 11.8 Å². The van der Waals surface area contributed by atoms with Crippen molar-refractivity contribution < 1.29 is 19.5 Å². The van der Waals surface area contributed by atoms with Crippen LogP contribution in [0.4, 0.5) is 0 Å². The molecule has 3 unspecified atom stereocenters. The van der Waals surface area contributed by atoms with Crippen molar-refractivity contribution >= 4 is 17.8 Å². The minimum absolute atomic E-state index is 0.0618. The second-order valence-electron chi connectivity index (χ2n) is 5.40. The van der Waals surface area contributed by atoms with Gasteiger partial charge in [0.2, 0.25) is 11.8 Å². The first-order chi connectivity index (χ1) is 9.00. The van der Waals surface area contributed by atoms with Gasteiger partial charge >= 0.3 is 5.97 Å². The fourth-order valence-electron chi connectivity index (χ4n) is 2.96. The summed E-state index contributed by atoms with van der Waals surface area (Å²) in [6, 6.07) is -0.452. The van der Waals surface area contributed by atoms with Gasteiger partial charge in [0.05, 0.1) is 5.92 Å². The summed E-state index contributed by atoms with van der Waals surface area (Å²) in [5, 5.41) is 11.8. The summed E-state index contributed by atoms with van der Waals surface area (Å²) >= 11 is 0. The van der Waals surface area contributed by atoms with E-state index in [-0.39, 0.29) is 17.7 Å². The minimum Gasteiger partial charge on any atom is -0.481 e. The summed E-state index contributed by atoms with van der Waals surface area (Å²) in [6.07, 6.45) is 2.55. The zero-order valence-electron chi connectivity index (χ0n) is 11.1. The van der Waals surface area contributed by atoms with Gasteiger partial charge in [-0.05, 0) is 26.2 Å². The largest absolute Gasteiger partial charge is 0.481 e. The Morgan fingerprint density at radius 3 is 2.68 bits per heavy atom. The predicted molar refractivity (Wildman–Crippen MR) is 67.3 cm³/mol. The molecule has 1 aliphatic carbocycles. The highest BCUT2D eigenvalue weighted by atomic mass is 16.4. The number of rotatable bonds is 2. The van der Waals surface area contributed by atoms with Crippen LogP contribution in [0.25, 0.3) is 0 Å². The number of carboxylic acids is 1. The molecule has 2 rings (SSSR count). The summed E-state index contributed by atoms with van der Waals surface area (Å²) in [6.45, 7) is 2.70. The Bertz CT molecular complexity index is 396. The Kier molecular flexibility index (Phi) is 4.07. The Balaban J connectivity index is 2.02. The number of aliphatic carboxylic acids is 1. The van der Waals surface area contributed by atoms with Gasteiger partial charge < -0.3 is 15.3 Å². The highest BCUT2D eigenvalue weighted by Crippen LogP contribution is 2.31. The molecule has 0 aromatic heterocycles. The van der Waals surface area contributed by atoms with Gasteiger partial charge in [-0.15, -0.1) is 0 Å². The Labute approximate surface area is 112 Å². The Hall–Kier alpha value is -1.59. The van der Waals surface area contributed by atoms with Crippen molar-refractivity contribution in [3.8, 4) is 0 Å². The van der Waals surface area contributed by atoms with E-state index in [4.69, 9.17) is 5.11 Å². The van der Waals surface area contributed by atoms with Crippen molar-refractivity contribution in [2.24, 2.45) is 11.8 Å². The van der Waals surface area contributed by atoms with Gasteiger partial charge in [0.25, 0.3) is 0 Å². The van der Waals surface area contributed by atoms with Crippen molar-refractivity contribution in [1.82, 2.24) is 10.2 Å². The van der Waals surface area contributed by atoms with Crippen molar-refractivity contribution in [2.75, 3.05) is 13.1 Å². The third-order valence-electron chi connectivity index (χ3n) is 4.15. The van der Waals surface area contributed by atoms with Gasteiger partial charge in [0.1, 0.15) is 6.04 Å². The van der Waals surface area contributed by atoms with E-state index in [1.807, 2.05) is 0 Å². The summed E-state index contributed by atoms with van der Waals surface area (Å²) in [4.78, 5) is 36.6. The van der Waals surface area contributed by atoms with E-state index in [2.05, 4.69) is 5.32 Å². The first-order valence-electron chi connectivity index (χ1n) is 6.81. The molecule has 1 aliphatic heterocycles. The van der Waals surface area contributed by atoms with Crippen LogP contribution in [0.3, 0.4) is 0 Å². The van der Waals surface area contributed by atoms with Crippen LogP contribution in [0.1, 0.15) is 32.6 Å². The zero-order chi connectivity index (χ0) is 14.0.